The fourth-order valence-electron chi connectivity index (χ4n) is 7.77. The van der Waals surface area contributed by atoms with Crippen LogP contribution in [0.5, 0.6) is 0 Å². The lowest BCUT2D eigenvalue weighted by Crippen LogP contribution is -2.50. The minimum Gasteiger partial charge on any atom is -0.467 e. The van der Waals surface area contributed by atoms with E-state index in [-0.39, 0.29) is 24.6 Å². The highest BCUT2D eigenvalue weighted by atomic mass is 16.5. The molecule has 0 radical (unpaired) electrons. The molecule has 4 heterocycles. The Hall–Kier alpha value is -2.45. The van der Waals surface area contributed by atoms with Crippen LogP contribution in [-0.4, -0.2) is 69.5 Å². The van der Waals surface area contributed by atoms with Gasteiger partial charge in [0.2, 0.25) is 0 Å². The fraction of sp³-hybridized carbons (Fsp3) is 0.690. The number of ether oxygens (including phenoxy) is 1. The van der Waals surface area contributed by atoms with Crippen LogP contribution in [-0.2, 0) is 9.53 Å². The van der Waals surface area contributed by atoms with Gasteiger partial charge in [0.15, 0.2) is 11.4 Å². The number of carbonyl (C=O) groups excluding carboxylic acids is 1. The second-order valence-corrected chi connectivity index (χ2v) is 11.8. The second kappa shape index (κ2) is 10.0. The van der Waals surface area contributed by atoms with Gasteiger partial charge in [-0.25, -0.2) is 9.78 Å². The number of rotatable bonds is 4. The van der Waals surface area contributed by atoms with Gasteiger partial charge in [0.1, 0.15) is 0 Å². The van der Waals surface area contributed by atoms with Crippen LogP contribution in [0.15, 0.2) is 29.1 Å². The first-order chi connectivity index (χ1) is 18.0. The summed E-state index contributed by atoms with van der Waals surface area (Å²) in [4.78, 5) is 35.6. The molecular weight excluding hydrogens is 468 g/mol. The number of fused-ring (bicyclic) bond motifs is 3. The van der Waals surface area contributed by atoms with Gasteiger partial charge in [-0.15, -0.1) is 0 Å². The molecule has 2 aromatic rings. The first kappa shape index (κ1) is 24.9. The molecule has 1 aliphatic carbocycles. The van der Waals surface area contributed by atoms with Crippen LogP contribution < -0.4 is 10.5 Å². The molecule has 200 valence electrons. The Labute approximate surface area is 218 Å². The lowest BCUT2D eigenvalue weighted by atomic mass is 9.89. The van der Waals surface area contributed by atoms with Crippen molar-refractivity contribution in [2.45, 2.75) is 107 Å². The SMILES string of the molecule is COC(=O)C1(O)CCN(c2nc3ccccc3n([C@H]3CC4CC[C@@H](C3)N4C3CCCCCCC3)c2=O)C1. The summed E-state index contributed by atoms with van der Waals surface area (Å²) in [5, 5.41) is 10.8. The van der Waals surface area contributed by atoms with Gasteiger partial charge in [0, 0.05) is 37.1 Å². The number of esters is 1. The Bertz CT molecular complexity index is 1190. The zero-order chi connectivity index (χ0) is 25.6. The van der Waals surface area contributed by atoms with Crippen molar-refractivity contribution < 1.29 is 14.6 Å². The van der Waals surface area contributed by atoms with Crippen LogP contribution in [0.3, 0.4) is 0 Å². The minimum atomic E-state index is -1.61. The van der Waals surface area contributed by atoms with Crippen molar-refractivity contribution >= 4 is 22.8 Å². The number of piperidine rings is 1. The molecule has 4 aliphatic rings. The minimum absolute atomic E-state index is 0.0195. The Balaban J connectivity index is 1.32. The van der Waals surface area contributed by atoms with E-state index in [9.17, 15) is 14.7 Å². The maximum atomic E-state index is 14.1. The largest absolute Gasteiger partial charge is 0.467 e. The Kier molecular flexibility index (Phi) is 6.74. The fourth-order valence-corrected chi connectivity index (χ4v) is 7.77. The standard InChI is InChI=1S/C29H40N4O4/c1-37-28(35)29(36)15-16-31(19-29)26-27(34)33(25-12-8-7-11-24(25)30-26)23-17-21-13-14-22(18-23)32(21)20-9-5-3-2-4-6-10-20/h7-8,11-12,20-23,36H,2-6,9-10,13-19H2,1H3/t21-,22?,23+,29?/m0/s1. The van der Waals surface area contributed by atoms with Crippen molar-refractivity contribution in [2.24, 2.45) is 0 Å². The van der Waals surface area contributed by atoms with E-state index in [2.05, 4.69) is 4.90 Å². The summed E-state index contributed by atoms with van der Waals surface area (Å²) < 4.78 is 6.82. The van der Waals surface area contributed by atoms with Crippen molar-refractivity contribution in [3.63, 3.8) is 0 Å². The van der Waals surface area contributed by atoms with Gasteiger partial charge in [-0.05, 0) is 50.7 Å². The Morgan fingerprint density at radius 2 is 1.65 bits per heavy atom. The Morgan fingerprint density at radius 3 is 2.35 bits per heavy atom. The van der Waals surface area contributed by atoms with Gasteiger partial charge >= 0.3 is 5.97 Å². The number of β-amino-alcohol motifs (C(OH)–C–C–N with tert-alkyl or cyclic N) is 1. The van der Waals surface area contributed by atoms with Crippen LogP contribution in [0, 0.1) is 0 Å². The molecule has 4 atom stereocenters. The van der Waals surface area contributed by atoms with E-state index < -0.39 is 11.6 Å². The summed E-state index contributed by atoms with van der Waals surface area (Å²) in [6.07, 6.45) is 14.1. The van der Waals surface area contributed by atoms with Crippen molar-refractivity contribution in [1.82, 2.24) is 14.5 Å². The second-order valence-electron chi connectivity index (χ2n) is 11.8. The average molecular weight is 509 g/mol. The number of para-hydroxylation sites is 2. The number of hydrogen-bond acceptors (Lipinski definition) is 7. The summed E-state index contributed by atoms with van der Waals surface area (Å²) in [6, 6.07) is 9.77. The van der Waals surface area contributed by atoms with Crippen LogP contribution in [0.4, 0.5) is 5.82 Å². The van der Waals surface area contributed by atoms with E-state index in [4.69, 9.17) is 9.72 Å². The summed E-state index contributed by atoms with van der Waals surface area (Å²) in [7, 11) is 1.28. The molecule has 6 rings (SSSR count). The van der Waals surface area contributed by atoms with Crippen molar-refractivity contribution in [3.05, 3.63) is 34.6 Å². The van der Waals surface area contributed by atoms with Crippen LogP contribution in [0.2, 0.25) is 0 Å². The number of methoxy groups -OCH3 is 1. The number of aromatic nitrogens is 2. The lowest BCUT2D eigenvalue weighted by Gasteiger charge is -2.45. The first-order valence-corrected chi connectivity index (χ1v) is 14.3. The normalized spacial score (nSPS) is 31.4. The molecule has 3 saturated heterocycles. The van der Waals surface area contributed by atoms with Gasteiger partial charge in [-0.2, -0.15) is 0 Å². The van der Waals surface area contributed by atoms with E-state index in [0.29, 0.717) is 30.5 Å². The van der Waals surface area contributed by atoms with Crippen molar-refractivity contribution in [1.29, 1.82) is 0 Å². The highest BCUT2D eigenvalue weighted by Crippen LogP contribution is 2.44. The van der Waals surface area contributed by atoms with E-state index in [1.54, 1.807) is 4.90 Å². The topological polar surface area (TPSA) is 87.9 Å². The maximum absolute atomic E-state index is 14.1. The summed E-state index contributed by atoms with van der Waals surface area (Å²) in [6.45, 7) is 0.406. The molecule has 1 N–H and O–H groups in total. The highest BCUT2D eigenvalue weighted by Gasteiger charge is 2.47. The molecule has 1 aromatic carbocycles. The smallest absolute Gasteiger partial charge is 0.339 e. The van der Waals surface area contributed by atoms with E-state index in [1.165, 1.54) is 64.9 Å². The maximum Gasteiger partial charge on any atom is 0.339 e. The van der Waals surface area contributed by atoms with Crippen LogP contribution in [0.1, 0.15) is 83.1 Å². The van der Waals surface area contributed by atoms with Gasteiger partial charge in [-0.1, -0.05) is 44.2 Å². The quantitative estimate of drug-likeness (QED) is 0.629. The molecule has 8 nitrogen and oxygen atoms in total. The third kappa shape index (κ3) is 4.46. The molecule has 1 aromatic heterocycles. The molecule has 0 spiro atoms. The van der Waals surface area contributed by atoms with Gasteiger partial charge in [-0.3, -0.25) is 9.69 Å². The molecule has 2 unspecified atom stereocenters. The predicted octanol–water partition coefficient (Wildman–Crippen LogP) is 3.79. The third-order valence-electron chi connectivity index (χ3n) is 9.52. The molecule has 4 fully saturated rings. The summed E-state index contributed by atoms with van der Waals surface area (Å²) >= 11 is 0. The van der Waals surface area contributed by atoms with Gasteiger partial charge in [0.25, 0.3) is 5.56 Å². The zero-order valence-corrected chi connectivity index (χ0v) is 22.0. The number of carbonyl (C=O) groups is 1. The summed E-state index contributed by atoms with van der Waals surface area (Å²) in [5.41, 5.74) is -0.0685. The first-order valence-electron chi connectivity index (χ1n) is 14.3. The molecule has 8 heteroatoms. The van der Waals surface area contributed by atoms with E-state index in [0.717, 1.165) is 23.9 Å². The number of hydrogen-bond donors (Lipinski definition) is 1. The monoisotopic (exact) mass is 508 g/mol. The number of benzene rings is 1. The molecule has 3 aliphatic heterocycles. The van der Waals surface area contributed by atoms with E-state index in [1.807, 2.05) is 28.8 Å². The molecular formula is C29H40N4O4. The van der Waals surface area contributed by atoms with Crippen LogP contribution >= 0.6 is 0 Å². The predicted molar refractivity (Wildman–Crippen MR) is 143 cm³/mol. The third-order valence-corrected chi connectivity index (χ3v) is 9.52. The molecule has 2 bridgehead atoms. The number of aliphatic hydroxyl groups is 1. The summed E-state index contributed by atoms with van der Waals surface area (Å²) in [5.74, 6) is -0.331. The number of nitrogens with zero attached hydrogens (tertiary/aromatic N) is 4. The highest BCUT2D eigenvalue weighted by molar-refractivity contribution is 5.81. The Morgan fingerprint density at radius 1 is 0.973 bits per heavy atom. The average Bonchev–Trinajstić information content (AvgIpc) is 3.40. The van der Waals surface area contributed by atoms with Crippen LogP contribution in [0.25, 0.3) is 11.0 Å². The molecule has 0 amide bonds. The van der Waals surface area contributed by atoms with Crippen molar-refractivity contribution in [3.8, 4) is 0 Å². The van der Waals surface area contributed by atoms with Gasteiger partial charge < -0.3 is 19.3 Å². The zero-order valence-electron chi connectivity index (χ0n) is 22.0. The molecule has 37 heavy (non-hydrogen) atoms. The lowest BCUT2D eigenvalue weighted by molar-refractivity contribution is -0.159. The van der Waals surface area contributed by atoms with Gasteiger partial charge in [0.05, 0.1) is 24.7 Å². The molecule has 1 saturated carbocycles. The number of anilines is 1. The van der Waals surface area contributed by atoms with Crippen molar-refractivity contribution in [2.75, 3.05) is 25.1 Å². The van der Waals surface area contributed by atoms with E-state index >= 15 is 0 Å².